The summed E-state index contributed by atoms with van der Waals surface area (Å²) >= 11 is 7.50. The third kappa shape index (κ3) is 2.04. The lowest BCUT2D eigenvalue weighted by atomic mass is 10.5. The summed E-state index contributed by atoms with van der Waals surface area (Å²) in [7, 11) is 0. The van der Waals surface area contributed by atoms with E-state index in [4.69, 9.17) is 16.0 Å². The van der Waals surface area contributed by atoms with E-state index in [1.165, 1.54) is 0 Å². The first-order valence-electron chi connectivity index (χ1n) is 5.28. The standard InChI is InChI=1S/C11H9ClN4OS/c1-7-8(12)5-13-16(7)6-10-14-15-11(17-10)9-3-2-4-18-9/h2-5H,6H2,1H3. The van der Waals surface area contributed by atoms with Crippen LogP contribution in [0, 0.1) is 6.92 Å². The average molecular weight is 281 g/mol. The second-order valence-corrected chi connectivity index (χ2v) is 5.07. The van der Waals surface area contributed by atoms with Crippen molar-refractivity contribution in [2.45, 2.75) is 13.5 Å². The zero-order valence-corrected chi connectivity index (χ0v) is 11.1. The van der Waals surface area contributed by atoms with Crippen molar-refractivity contribution < 1.29 is 4.42 Å². The van der Waals surface area contributed by atoms with Gasteiger partial charge in [-0.1, -0.05) is 17.7 Å². The molecule has 3 aromatic heterocycles. The Kier molecular flexibility index (Phi) is 2.89. The van der Waals surface area contributed by atoms with Gasteiger partial charge in [0.05, 0.1) is 21.8 Å². The fourth-order valence-corrected chi connectivity index (χ4v) is 2.31. The van der Waals surface area contributed by atoms with Crippen molar-refractivity contribution in [1.29, 1.82) is 0 Å². The number of halogens is 1. The van der Waals surface area contributed by atoms with Crippen molar-refractivity contribution in [2.24, 2.45) is 0 Å². The quantitative estimate of drug-likeness (QED) is 0.740. The zero-order chi connectivity index (χ0) is 12.5. The van der Waals surface area contributed by atoms with Crippen LogP contribution in [0.25, 0.3) is 10.8 Å². The summed E-state index contributed by atoms with van der Waals surface area (Å²) in [6.07, 6.45) is 1.60. The van der Waals surface area contributed by atoms with Gasteiger partial charge in [-0.3, -0.25) is 4.68 Å². The van der Waals surface area contributed by atoms with Gasteiger partial charge < -0.3 is 4.42 Å². The van der Waals surface area contributed by atoms with Gasteiger partial charge in [0.2, 0.25) is 5.89 Å². The molecule has 0 aromatic carbocycles. The van der Waals surface area contributed by atoms with Crippen LogP contribution in [0.1, 0.15) is 11.6 Å². The molecule has 0 bridgehead atoms. The predicted octanol–water partition coefficient (Wildman–Crippen LogP) is 3.00. The molecule has 0 N–H and O–H groups in total. The topological polar surface area (TPSA) is 56.7 Å². The summed E-state index contributed by atoms with van der Waals surface area (Å²) in [4.78, 5) is 0.962. The normalized spacial score (nSPS) is 11.0. The van der Waals surface area contributed by atoms with Crippen LogP contribution in [0.4, 0.5) is 0 Å². The van der Waals surface area contributed by atoms with Gasteiger partial charge in [0, 0.05) is 0 Å². The van der Waals surface area contributed by atoms with E-state index in [9.17, 15) is 0 Å². The van der Waals surface area contributed by atoms with Gasteiger partial charge in [0.25, 0.3) is 5.89 Å². The van der Waals surface area contributed by atoms with Crippen LogP contribution in [0.5, 0.6) is 0 Å². The van der Waals surface area contributed by atoms with Crippen molar-refractivity contribution >= 4 is 22.9 Å². The maximum absolute atomic E-state index is 5.93. The van der Waals surface area contributed by atoms with Crippen LogP contribution in [0.2, 0.25) is 5.02 Å². The fourth-order valence-electron chi connectivity index (χ4n) is 1.53. The molecule has 0 aliphatic carbocycles. The lowest BCUT2D eigenvalue weighted by molar-refractivity contribution is 0.471. The highest BCUT2D eigenvalue weighted by Gasteiger charge is 2.11. The fraction of sp³-hybridized carbons (Fsp3) is 0.182. The Hall–Kier alpha value is -1.66. The van der Waals surface area contributed by atoms with E-state index >= 15 is 0 Å². The zero-order valence-electron chi connectivity index (χ0n) is 9.50. The number of aromatic nitrogens is 4. The molecule has 0 saturated heterocycles. The molecule has 3 aromatic rings. The highest BCUT2D eigenvalue weighted by atomic mass is 35.5. The van der Waals surface area contributed by atoms with Crippen LogP contribution < -0.4 is 0 Å². The van der Waals surface area contributed by atoms with Gasteiger partial charge >= 0.3 is 0 Å². The molecule has 92 valence electrons. The Morgan fingerprint density at radius 2 is 2.33 bits per heavy atom. The highest BCUT2D eigenvalue weighted by Crippen LogP contribution is 2.23. The molecule has 0 saturated carbocycles. The molecule has 3 rings (SSSR count). The van der Waals surface area contributed by atoms with E-state index in [0.717, 1.165) is 10.6 Å². The van der Waals surface area contributed by atoms with E-state index in [0.29, 0.717) is 23.3 Å². The van der Waals surface area contributed by atoms with Crippen LogP contribution in [0.15, 0.2) is 28.1 Å². The van der Waals surface area contributed by atoms with Gasteiger partial charge in [0.1, 0.15) is 6.54 Å². The van der Waals surface area contributed by atoms with E-state index in [1.807, 2.05) is 24.4 Å². The second-order valence-electron chi connectivity index (χ2n) is 3.71. The van der Waals surface area contributed by atoms with Crippen LogP contribution in [-0.4, -0.2) is 20.0 Å². The number of rotatable bonds is 3. The summed E-state index contributed by atoms with van der Waals surface area (Å²) in [6, 6.07) is 3.89. The molecule has 18 heavy (non-hydrogen) atoms. The number of thiophene rings is 1. The first kappa shape index (κ1) is 11.4. The minimum atomic E-state index is 0.428. The molecule has 0 fully saturated rings. The largest absolute Gasteiger partial charge is 0.418 e. The molecule has 5 nitrogen and oxygen atoms in total. The Labute approximate surface area is 112 Å². The second kappa shape index (κ2) is 4.55. The van der Waals surface area contributed by atoms with E-state index in [-0.39, 0.29) is 0 Å². The maximum atomic E-state index is 5.93. The van der Waals surface area contributed by atoms with E-state index < -0.39 is 0 Å². The minimum absolute atomic E-state index is 0.428. The lowest BCUT2D eigenvalue weighted by Crippen LogP contribution is -2.03. The van der Waals surface area contributed by atoms with Gasteiger partial charge in [-0.15, -0.1) is 21.5 Å². The molecule has 3 heterocycles. The van der Waals surface area contributed by atoms with E-state index in [2.05, 4.69) is 15.3 Å². The van der Waals surface area contributed by atoms with Gasteiger partial charge in [-0.25, -0.2) is 0 Å². The molecule has 0 amide bonds. The number of hydrogen-bond donors (Lipinski definition) is 0. The minimum Gasteiger partial charge on any atom is -0.418 e. The van der Waals surface area contributed by atoms with Gasteiger partial charge in [-0.05, 0) is 18.4 Å². The highest BCUT2D eigenvalue weighted by molar-refractivity contribution is 7.13. The summed E-state index contributed by atoms with van der Waals surface area (Å²) in [6.45, 7) is 2.32. The molecule has 0 aliphatic heterocycles. The van der Waals surface area contributed by atoms with Crippen molar-refractivity contribution in [3.8, 4) is 10.8 Å². The maximum Gasteiger partial charge on any atom is 0.257 e. The molecule has 7 heteroatoms. The Balaban J connectivity index is 1.84. The first-order valence-corrected chi connectivity index (χ1v) is 6.54. The third-order valence-electron chi connectivity index (χ3n) is 2.53. The van der Waals surface area contributed by atoms with Crippen molar-refractivity contribution in [2.75, 3.05) is 0 Å². The van der Waals surface area contributed by atoms with Crippen molar-refractivity contribution in [3.05, 3.63) is 40.3 Å². The SMILES string of the molecule is Cc1c(Cl)cnn1Cc1nnc(-c2cccs2)o1. The Morgan fingerprint density at radius 3 is 3.00 bits per heavy atom. The predicted molar refractivity (Wildman–Crippen MR) is 68.7 cm³/mol. The number of hydrogen-bond acceptors (Lipinski definition) is 5. The van der Waals surface area contributed by atoms with Crippen LogP contribution >= 0.6 is 22.9 Å². The molecule has 0 unspecified atom stereocenters. The first-order chi connectivity index (χ1) is 8.74. The Bertz CT molecular complexity index is 658. The third-order valence-corrected chi connectivity index (χ3v) is 3.76. The summed E-state index contributed by atoms with van der Waals surface area (Å²) in [5, 5.41) is 14.8. The van der Waals surface area contributed by atoms with Gasteiger partial charge in [0.15, 0.2) is 0 Å². The van der Waals surface area contributed by atoms with Gasteiger partial charge in [-0.2, -0.15) is 5.10 Å². The molecule has 0 radical (unpaired) electrons. The van der Waals surface area contributed by atoms with E-state index in [1.54, 1.807) is 22.2 Å². The molecule has 0 aliphatic rings. The monoisotopic (exact) mass is 280 g/mol. The summed E-state index contributed by atoms with van der Waals surface area (Å²) in [5.74, 6) is 1.05. The average Bonchev–Trinajstić information content (AvgIpc) is 3.06. The van der Waals surface area contributed by atoms with Crippen molar-refractivity contribution in [1.82, 2.24) is 20.0 Å². The molecular formula is C11H9ClN4OS. The summed E-state index contributed by atoms with van der Waals surface area (Å²) < 4.78 is 7.31. The number of nitrogens with zero attached hydrogens (tertiary/aromatic N) is 4. The molecule has 0 atom stereocenters. The smallest absolute Gasteiger partial charge is 0.257 e. The van der Waals surface area contributed by atoms with Crippen molar-refractivity contribution in [3.63, 3.8) is 0 Å². The lowest BCUT2D eigenvalue weighted by Gasteiger charge is -1.99. The Morgan fingerprint density at radius 1 is 1.44 bits per heavy atom. The van der Waals surface area contributed by atoms with Crippen LogP contribution in [-0.2, 0) is 6.54 Å². The summed E-state index contributed by atoms with van der Waals surface area (Å²) in [5.41, 5.74) is 0.882. The molecular weight excluding hydrogens is 272 g/mol. The van der Waals surface area contributed by atoms with Crippen LogP contribution in [0.3, 0.4) is 0 Å². The molecule has 0 spiro atoms.